The molecule has 0 aromatic carbocycles. The molecule has 1 unspecified atom stereocenters. The standard InChI is InChI=1S/C14H24N2O/c1-11(2)13(17)16-12-5-3-4-6-14(12)7-9-15-10-8-14/h12,15H,1,3-10H2,2H3,(H,16,17). The summed E-state index contributed by atoms with van der Waals surface area (Å²) in [6.45, 7) is 7.71. The lowest BCUT2D eigenvalue weighted by Gasteiger charge is -2.47. The van der Waals surface area contributed by atoms with Gasteiger partial charge in [0.1, 0.15) is 0 Å². The molecule has 17 heavy (non-hydrogen) atoms. The molecule has 2 rings (SSSR count). The molecule has 1 aliphatic carbocycles. The molecular formula is C14H24N2O. The minimum absolute atomic E-state index is 0.0369. The maximum absolute atomic E-state index is 11.8. The molecule has 96 valence electrons. The zero-order valence-corrected chi connectivity index (χ0v) is 10.8. The molecule has 0 aromatic heterocycles. The second-order valence-corrected chi connectivity index (χ2v) is 5.66. The fraction of sp³-hybridized carbons (Fsp3) is 0.786. The number of carbonyl (C=O) groups excluding carboxylic acids is 1. The van der Waals surface area contributed by atoms with Gasteiger partial charge in [0.05, 0.1) is 0 Å². The summed E-state index contributed by atoms with van der Waals surface area (Å²) in [6.07, 6.45) is 7.38. The van der Waals surface area contributed by atoms with Gasteiger partial charge in [-0.05, 0) is 51.1 Å². The van der Waals surface area contributed by atoms with Crippen LogP contribution in [0.4, 0.5) is 0 Å². The molecule has 3 nitrogen and oxygen atoms in total. The van der Waals surface area contributed by atoms with Crippen molar-refractivity contribution in [1.82, 2.24) is 10.6 Å². The van der Waals surface area contributed by atoms with Crippen LogP contribution >= 0.6 is 0 Å². The van der Waals surface area contributed by atoms with E-state index in [9.17, 15) is 4.79 Å². The molecule has 1 spiro atoms. The van der Waals surface area contributed by atoms with E-state index in [1.807, 2.05) is 0 Å². The highest BCUT2D eigenvalue weighted by atomic mass is 16.1. The predicted octanol–water partition coefficient (Wildman–Crippen LogP) is 1.99. The smallest absolute Gasteiger partial charge is 0.246 e. The van der Waals surface area contributed by atoms with Crippen LogP contribution in [0, 0.1) is 5.41 Å². The molecule has 0 radical (unpaired) electrons. The van der Waals surface area contributed by atoms with Crippen LogP contribution in [-0.4, -0.2) is 25.0 Å². The number of carbonyl (C=O) groups is 1. The predicted molar refractivity (Wildman–Crippen MR) is 69.7 cm³/mol. The van der Waals surface area contributed by atoms with E-state index in [0.29, 0.717) is 17.0 Å². The molecule has 1 atom stereocenters. The SMILES string of the molecule is C=C(C)C(=O)NC1CCCCC12CCNCC2. The number of nitrogens with one attached hydrogen (secondary N) is 2. The second kappa shape index (κ2) is 5.21. The molecule has 1 saturated heterocycles. The highest BCUT2D eigenvalue weighted by molar-refractivity contribution is 5.92. The summed E-state index contributed by atoms with van der Waals surface area (Å²) in [6, 6.07) is 0.363. The molecule has 0 aromatic rings. The maximum atomic E-state index is 11.8. The Labute approximate surface area is 104 Å². The largest absolute Gasteiger partial charge is 0.349 e. The normalized spacial score (nSPS) is 27.7. The van der Waals surface area contributed by atoms with Gasteiger partial charge in [-0.25, -0.2) is 0 Å². The summed E-state index contributed by atoms with van der Waals surface area (Å²) < 4.78 is 0. The van der Waals surface area contributed by atoms with Crippen molar-refractivity contribution in [3.05, 3.63) is 12.2 Å². The van der Waals surface area contributed by atoms with Crippen LogP contribution < -0.4 is 10.6 Å². The lowest BCUT2D eigenvalue weighted by Crippen LogP contribution is -2.53. The van der Waals surface area contributed by atoms with Crippen molar-refractivity contribution in [2.24, 2.45) is 5.41 Å². The van der Waals surface area contributed by atoms with E-state index in [0.717, 1.165) is 19.5 Å². The molecule has 1 aliphatic heterocycles. The summed E-state index contributed by atoms with van der Waals surface area (Å²) in [4.78, 5) is 11.8. The van der Waals surface area contributed by atoms with Crippen molar-refractivity contribution < 1.29 is 4.79 Å². The highest BCUT2D eigenvalue weighted by Crippen LogP contribution is 2.43. The van der Waals surface area contributed by atoms with Gasteiger partial charge in [-0.2, -0.15) is 0 Å². The van der Waals surface area contributed by atoms with Crippen LogP contribution in [0.1, 0.15) is 45.4 Å². The third-order valence-corrected chi connectivity index (χ3v) is 4.45. The lowest BCUT2D eigenvalue weighted by atomic mass is 9.65. The van der Waals surface area contributed by atoms with Crippen molar-refractivity contribution in [3.63, 3.8) is 0 Å². The summed E-state index contributed by atoms with van der Waals surface area (Å²) in [7, 11) is 0. The second-order valence-electron chi connectivity index (χ2n) is 5.66. The summed E-state index contributed by atoms with van der Waals surface area (Å²) in [5.74, 6) is 0.0369. The molecule has 1 amide bonds. The van der Waals surface area contributed by atoms with Gasteiger partial charge in [-0.3, -0.25) is 4.79 Å². The van der Waals surface area contributed by atoms with Gasteiger partial charge < -0.3 is 10.6 Å². The number of hydrogen-bond donors (Lipinski definition) is 2. The van der Waals surface area contributed by atoms with Gasteiger partial charge in [0.15, 0.2) is 0 Å². The van der Waals surface area contributed by atoms with Gasteiger partial charge in [-0.15, -0.1) is 0 Å². The third kappa shape index (κ3) is 2.71. The van der Waals surface area contributed by atoms with Crippen molar-refractivity contribution in [2.75, 3.05) is 13.1 Å². The maximum Gasteiger partial charge on any atom is 0.246 e. The Hall–Kier alpha value is -0.830. The average Bonchev–Trinajstić information content (AvgIpc) is 2.33. The monoisotopic (exact) mass is 236 g/mol. The van der Waals surface area contributed by atoms with E-state index in [2.05, 4.69) is 17.2 Å². The minimum atomic E-state index is 0.0369. The summed E-state index contributed by atoms with van der Waals surface area (Å²) in [5, 5.41) is 6.64. The van der Waals surface area contributed by atoms with E-state index in [1.165, 1.54) is 32.1 Å². The Kier molecular flexibility index (Phi) is 3.87. The molecule has 2 fully saturated rings. The molecule has 3 heteroatoms. The zero-order chi connectivity index (χ0) is 12.3. The van der Waals surface area contributed by atoms with E-state index in [-0.39, 0.29) is 5.91 Å². The van der Waals surface area contributed by atoms with Gasteiger partial charge in [0.25, 0.3) is 0 Å². The molecule has 2 aliphatic rings. The number of amides is 1. The zero-order valence-electron chi connectivity index (χ0n) is 10.8. The fourth-order valence-corrected chi connectivity index (χ4v) is 3.34. The minimum Gasteiger partial charge on any atom is -0.349 e. The number of piperidine rings is 1. The van der Waals surface area contributed by atoms with Gasteiger partial charge >= 0.3 is 0 Å². The van der Waals surface area contributed by atoms with E-state index in [1.54, 1.807) is 6.92 Å². The lowest BCUT2D eigenvalue weighted by molar-refractivity contribution is -0.119. The topological polar surface area (TPSA) is 41.1 Å². The Balaban J connectivity index is 2.06. The Bertz CT molecular complexity index is 297. The molecule has 1 heterocycles. The van der Waals surface area contributed by atoms with Crippen LogP contribution in [0.25, 0.3) is 0 Å². The van der Waals surface area contributed by atoms with Gasteiger partial charge in [0.2, 0.25) is 5.91 Å². The molecule has 2 N–H and O–H groups in total. The molecular weight excluding hydrogens is 212 g/mol. The quantitative estimate of drug-likeness (QED) is 0.720. The van der Waals surface area contributed by atoms with Crippen molar-refractivity contribution >= 4 is 5.91 Å². The van der Waals surface area contributed by atoms with Gasteiger partial charge in [-0.1, -0.05) is 19.4 Å². The van der Waals surface area contributed by atoms with Crippen molar-refractivity contribution in [2.45, 2.75) is 51.5 Å². The van der Waals surface area contributed by atoms with E-state index >= 15 is 0 Å². The summed E-state index contributed by atoms with van der Waals surface area (Å²) >= 11 is 0. The Morgan fingerprint density at radius 2 is 2.00 bits per heavy atom. The fourth-order valence-electron chi connectivity index (χ4n) is 3.34. The number of rotatable bonds is 2. The van der Waals surface area contributed by atoms with E-state index in [4.69, 9.17) is 0 Å². The van der Waals surface area contributed by atoms with Crippen molar-refractivity contribution in [1.29, 1.82) is 0 Å². The van der Waals surface area contributed by atoms with Gasteiger partial charge in [0, 0.05) is 11.6 Å². The van der Waals surface area contributed by atoms with E-state index < -0.39 is 0 Å². The highest BCUT2D eigenvalue weighted by Gasteiger charge is 2.41. The average molecular weight is 236 g/mol. The van der Waals surface area contributed by atoms with Crippen LogP contribution in [0.15, 0.2) is 12.2 Å². The first-order valence-electron chi connectivity index (χ1n) is 6.81. The first-order chi connectivity index (χ1) is 8.14. The van der Waals surface area contributed by atoms with Crippen molar-refractivity contribution in [3.8, 4) is 0 Å². The molecule has 1 saturated carbocycles. The first kappa shape index (κ1) is 12.6. The van der Waals surface area contributed by atoms with Crippen LogP contribution in [0.3, 0.4) is 0 Å². The number of hydrogen-bond acceptors (Lipinski definition) is 2. The summed E-state index contributed by atoms with van der Waals surface area (Å²) in [5.41, 5.74) is 0.980. The molecule has 0 bridgehead atoms. The van der Waals surface area contributed by atoms with Crippen LogP contribution in [0.2, 0.25) is 0 Å². The van der Waals surface area contributed by atoms with Crippen LogP contribution in [0.5, 0.6) is 0 Å². The first-order valence-corrected chi connectivity index (χ1v) is 6.81. The van der Waals surface area contributed by atoms with Crippen LogP contribution in [-0.2, 0) is 4.79 Å². The Morgan fingerprint density at radius 3 is 2.65 bits per heavy atom. The third-order valence-electron chi connectivity index (χ3n) is 4.45. The Morgan fingerprint density at radius 1 is 1.29 bits per heavy atom.